The molecule has 3 aromatic carbocycles. The SMILES string of the molecule is COc1ccc2nc(-c3cccc(C)c3)n(Cc3cccc(CN)c3)c(=O)c2c1. The number of nitrogens with zero attached hydrogens (tertiary/aromatic N) is 2. The molecule has 29 heavy (non-hydrogen) atoms. The zero-order chi connectivity index (χ0) is 20.4. The number of fused-ring (bicyclic) bond motifs is 1. The summed E-state index contributed by atoms with van der Waals surface area (Å²) in [5.41, 5.74) is 10.4. The van der Waals surface area contributed by atoms with Crippen LogP contribution in [-0.2, 0) is 13.1 Å². The molecule has 0 aliphatic heterocycles. The highest BCUT2D eigenvalue weighted by atomic mass is 16.5. The molecule has 0 aliphatic carbocycles. The molecule has 0 bridgehead atoms. The molecule has 0 spiro atoms. The average Bonchev–Trinajstić information content (AvgIpc) is 2.75. The van der Waals surface area contributed by atoms with Crippen LogP contribution in [0.15, 0.2) is 71.5 Å². The number of hydrogen-bond acceptors (Lipinski definition) is 4. The molecule has 0 radical (unpaired) electrons. The van der Waals surface area contributed by atoms with E-state index in [0.29, 0.717) is 35.6 Å². The second-order valence-electron chi connectivity index (χ2n) is 7.10. The van der Waals surface area contributed by atoms with Crippen LogP contribution in [-0.4, -0.2) is 16.7 Å². The molecule has 0 unspecified atom stereocenters. The van der Waals surface area contributed by atoms with Crippen molar-refractivity contribution >= 4 is 10.9 Å². The molecule has 0 amide bonds. The van der Waals surface area contributed by atoms with Crippen molar-refractivity contribution in [3.63, 3.8) is 0 Å². The van der Waals surface area contributed by atoms with Crippen LogP contribution in [0, 0.1) is 6.92 Å². The van der Waals surface area contributed by atoms with Gasteiger partial charge in [0.2, 0.25) is 0 Å². The minimum atomic E-state index is -0.0939. The molecular formula is C24H23N3O2. The lowest BCUT2D eigenvalue weighted by Crippen LogP contribution is -2.24. The quantitative estimate of drug-likeness (QED) is 0.566. The first-order valence-electron chi connectivity index (χ1n) is 9.52. The third kappa shape index (κ3) is 3.77. The van der Waals surface area contributed by atoms with Crippen molar-refractivity contribution in [1.82, 2.24) is 9.55 Å². The zero-order valence-electron chi connectivity index (χ0n) is 16.6. The summed E-state index contributed by atoms with van der Waals surface area (Å²) in [6.45, 7) is 2.90. The van der Waals surface area contributed by atoms with Gasteiger partial charge in [-0.05, 0) is 42.3 Å². The van der Waals surface area contributed by atoms with Gasteiger partial charge >= 0.3 is 0 Å². The van der Waals surface area contributed by atoms with Crippen molar-refractivity contribution in [1.29, 1.82) is 0 Å². The molecule has 0 fully saturated rings. The lowest BCUT2D eigenvalue weighted by molar-refractivity contribution is 0.415. The maximum absolute atomic E-state index is 13.5. The van der Waals surface area contributed by atoms with Gasteiger partial charge in [-0.3, -0.25) is 9.36 Å². The fourth-order valence-electron chi connectivity index (χ4n) is 3.52. The van der Waals surface area contributed by atoms with E-state index in [0.717, 1.165) is 22.3 Å². The molecule has 146 valence electrons. The van der Waals surface area contributed by atoms with E-state index < -0.39 is 0 Å². The second kappa shape index (κ2) is 7.89. The van der Waals surface area contributed by atoms with E-state index in [-0.39, 0.29) is 5.56 Å². The van der Waals surface area contributed by atoms with Gasteiger partial charge < -0.3 is 10.5 Å². The van der Waals surface area contributed by atoms with Gasteiger partial charge in [-0.1, -0.05) is 48.0 Å². The van der Waals surface area contributed by atoms with Gasteiger partial charge in [-0.2, -0.15) is 0 Å². The Kier molecular flexibility index (Phi) is 5.14. The Bertz CT molecular complexity index is 1240. The van der Waals surface area contributed by atoms with Gasteiger partial charge in [-0.25, -0.2) is 4.98 Å². The van der Waals surface area contributed by atoms with E-state index in [4.69, 9.17) is 15.5 Å². The maximum atomic E-state index is 13.5. The number of rotatable bonds is 5. The smallest absolute Gasteiger partial charge is 0.262 e. The molecule has 5 nitrogen and oxygen atoms in total. The van der Waals surface area contributed by atoms with Crippen LogP contribution in [0.4, 0.5) is 0 Å². The highest BCUT2D eigenvalue weighted by Gasteiger charge is 2.14. The summed E-state index contributed by atoms with van der Waals surface area (Å²) in [6, 6.07) is 21.4. The third-order valence-corrected chi connectivity index (χ3v) is 5.01. The summed E-state index contributed by atoms with van der Waals surface area (Å²) in [5, 5.41) is 0.538. The van der Waals surface area contributed by atoms with Crippen molar-refractivity contribution in [2.45, 2.75) is 20.0 Å². The summed E-state index contributed by atoms with van der Waals surface area (Å²) < 4.78 is 7.03. The third-order valence-electron chi connectivity index (χ3n) is 5.01. The second-order valence-corrected chi connectivity index (χ2v) is 7.10. The maximum Gasteiger partial charge on any atom is 0.262 e. The van der Waals surface area contributed by atoms with Crippen LogP contribution >= 0.6 is 0 Å². The zero-order valence-corrected chi connectivity index (χ0v) is 16.6. The fourth-order valence-corrected chi connectivity index (χ4v) is 3.52. The Morgan fingerprint density at radius 1 is 1.00 bits per heavy atom. The minimum Gasteiger partial charge on any atom is -0.497 e. The van der Waals surface area contributed by atoms with Crippen LogP contribution in [0.2, 0.25) is 0 Å². The lowest BCUT2D eigenvalue weighted by Gasteiger charge is -2.15. The van der Waals surface area contributed by atoms with Crippen molar-refractivity contribution < 1.29 is 4.74 Å². The summed E-state index contributed by atoms with van der Waals surface area (Å²) in [6.07, 6.45) is 0. The number of nitrogens with two attached hydrogens (primary N) is 1. The van der Waals surface area contributed by atoms with Gasteiger partial charge in [-0.15, -0.1) is 0 Å². The van der Waals surface area contributed by atoms with Gasteiger partial charge in [0, 0.05) is 12.1 Å². The lowest BCUT2D eigenvalue weighted by atomic mass is 10.1. The summed E-state index contributed by atoms with van der Waals surface area (Å²) >= 11 is 0. The van der Waals surface area contributed by atoms with Crippen LogP contribution in [0.25, 0.3) is 22.3 Å². The van der Waals surface area contributed by atoms with Gasteiger partial charge in [0.1, 0.15) is 11.6 Å². The Morgan fingerprint density at radius 2 is 1.79 bits per heavy atom. The van der Waals surface area contributed by atoms with Crippen molar-refractivity contribution in [2.75, 3.05) is 7.11 Å². The summed E-state index contributed by atoms with van der Waals surface area (Å²) in [5.74, 6) is 1.28. The van der Waals surface area contributed by atoms with Gasteiger partial charge in [0.15, 0.2) is 0 Å². The molecule has 1 aromatic heterocycles. The van der Waals surface area contributed by atoms with E-state index >= 15 is 0 Å². The number of methoxy groups -OCH3 is 1. The number of benzene rings is 3. The molecule has 0 saturated carbocycles. The fraction of sp³-hybridized carbons (Fsp3) is 0.167. The van der Waals surface area contributed by atoms with Crippen molar-refractivity contribution in [3.8, 4) is 17.1 Å². The monoisotopic (exact) mass is 385 g/mol. The van der Waals surface area contributed by atoms with Crippen LogP contribution in [0.3, 0.4) is 0 Å². The number of hydrogen-bond donors (Lipinski definition) is 1. The largest absolute Gasteiger partial charge is 0.497 e. The highest BCUT2D eigenvalue weighted by molar-refractivity contribution is 5.81. The van der Waals surface area contributed by atoms with Gasteiger partial charge in [0.05, 0.1) is 24.6 Å². The van der Waals surface area contributed by atoms with E-state index in [2.05, 4.69) is 0 Å². The van der Waals surface area contributed by atoms with Crippen LogP contribution < -0.4 is 16.0 Å². The standard InChI is InChI=1S/C24H23N3O2/c1-16-5-3-8-19(11-16)23-26-22-10-9-20(29-2)13-21(22)24(28)27(23)15-18-7-4-6-17(12-18)14-25/h3-13H,14-15,25H2,1-2H3. The van der Waals surface area contributed by atoms with Crippen LogP contribution in [0.1, 0.15) is 16.7 Å². The van der Waals surface area contributed by atoms with E-state index in [1.54, 1.807) is 17.7 Å². The first-order chi connectivity index (χ1) is 14.1. The first kappa shape index (κ1) is 18.9. The Balaban J connectivity index is 1.96. The Hall–Kier alpha value is -3.44. The summed E-state index contributed by atoms with van der Waals surface area (Å²) in [4.78, 5) is 18.3. The molecule has 0 saturated heterocycles. The molecule has 4 rings (SSSR count). The van der Waals surface area contributed by atoms with Crippen molar-refractivity contribution in [2.24, 2.45) is 5.73 Å². The van der Waals surface area contributed by atoms with E-state index in [9.17, 15) is 4.79 Å². The molecule has 2 N–H and O–H groups in total. The van der Waals surface area contributed by atoms with E-state index in [1.807, 2.05) is 67.6 Å². The molecular weight excluding hydrogens is 362 g/mol. The number of ether oxygens (including phenoxy) is 1. The Morgan fingerprint density at radius 3 is 2.55 bits per heavy atom. The predicted octanol–water partition coefficient (Wildman–Crippen LogP) is 3.89. The molecule has 4 aromatic rings. The predicted molar refractivity (Wildman–Crippen MR) is 116 cm³/mol. The molecule has 0 atom stereocenters. The number of aromatic nitrogens is 2. The van der Waals surface area contributed by atoms with E-state index in [1.165, 1.54) is 0 Å². The Labute approximate surface area is 169 Å². The normalized spacial score (nSPS) is 11.0. The van der Waals surface area contributed by atoms with Crippen LogP contribution in [0.5, 0.6) is 5.75 Å². The number of aryl methyl sites for hydroxylation is 1. The van der Waals surface area contributed by atoms with Crippen molar-refractivity contribution in [3.05, 3.63) is 93.8 Å². The molecule has 0 aliphatic rings. The minimum absolute atomic E-state index is 0.0939. The summed E-state index contributed by atoms with van der Waals surface area (Å²) in [7, 11) is 1.59. The molecule has 5 heteroatoms. The highest BCUT2D eigenvalue weighted by Crippen LogP contribution is 2.23. The molecule has 1 heterocycles. The topological polar surface area (TPSA) is 70.1 Å². The average molecular weight is 385 g/mol. The van der Waals surface area contributed by atoms with Gasteiger partial charge in [0.25, 0.3) is 5.56 Å². The first-order valence-corrected chi connectivity index (χ1v) is 9.52.